The van der Waals surface area contributed by atoms with Crippen LogP contribution in [0.1, 0.15) is 0 Å². The van der Waals surface area contributed by atoms with Crippen molar-refractivity contribution in [2.75, 3.05) is 0 Å². The molecule has 12 aromatic carbocycles. The topological polar surface area (TPSA) is 0 Å². The predicted molar refractivity (Wildman–Crippen MR) is 406 cm³/mol. The van der Waals surface area contributed by atoms with Crippen molar-refractivity contribution in [3.63, 3.8) is 0 Å². The van der Waals surface area contributed by atoms with Crippen LogP contribution in [0.2, 0.25) is 0 Å². The summed E-state index contributed by atoms with van der Waals surface area (Å²) in [5.41, 5.74) is -6.81. The Morgan fingerprint density at radius 1 is 0.0698 bits per heavy atom. The fourth-order valence-corrected chi connectivity index (χ4v) is 13.2. The predicted octanol–water partition coefficient (Wildman–Crippen LogP) is -23.3. The minimum Gasteiger partial charge on any atom is -0.112 e. The zero-order valence-electron chi connectivity index (χ0n) is 45.5. The molecule has 0 unspecified atom stereocenters. The first-order chi connectivity index (χ1) is 40.1. The first kappa shape index (κ1) is 61.3. The average molecular weight is 995 g/mol. The summed E-state index contributed by atoms with van der Waals surface area (Å²) in [4.78, 5) is 0. The zero-order chi connectivity index (χ0) is 63.2. The third kappa shape index (κ3) is 7.40. The number of hydrogen-bond donors (Lipinski definition) is 0. The Morgan fingerprint density at radius 2 is 0.198 bits per heavy atom. The molecule has 0 aliphatic rings. The molecule has 0 aliphatic heterocycles. The molecule has 32 heteroatoms. The summed E-state index contributed by atoms with van der Waals surface area (Å²) in [6.45, 7) is 0. The molecule has 12 aromatic rings. The molecule has 0 saturated heterocycles. The van der Waals surface area contributed by atoms with Gasteiger partial charge in [-0.05, 0) is 120 Å². The van der Waals surface area contributed by atoms with Crippen molar-refractivity contribution in [3.8, 4) is 44.5 Å². The molecule has 0 spiro atoms. The van der Waals surface area contributed by atoms with Gasteiger partial charge in [0, 0.05) is 0 Å². The molecule has 86 heavy (non-hydrogen) atoms. The first-order valence-electron chi connectivity index (χ1n) is 25.5. The molecule has 0 atom stereocenters. The molecule has 12 rings (SSSR count). The molecule has 0 saturated carbocycles. The molecule has 312 valence electrons. The lowest BCUT2D eigenvalue weighted by molar-refractivity contribution is 1.76. The SMILES string of the molecule is [B]c1c([B])c([B])c(-c2c([B])c(-c3c([B])c(-c4c([B])c([B])c5c([B])c([B])c6c([B])c([B])c([B])c7c([B])c([B])c4c5c67)c4c([B])c([B])c([B])c([B])c4c3[B])c([B])c([B])c2-c2c([B])c([B])c3c([B])c([B])c4c([B])c([B])c([B])c5c([B])c([B])c2c3c45)c([B])c1[B]. The molecule has 64 radical (unpaired) electrons. The van der Waals surface area contributed by atoms with E-state index in [-0.39, 0.29) is 295 Å². The third-order valence-corrected chi connectivity index (χ3v) is 17.5. The van der Waals surface area contributed by atoms with Gasteiger partial charge in [-0.2, -0.15) is 0 Å². The Bertz CT molecular complexity index is 5220. The van der Waals surface area contributed by atoms with E-state index in [1.807, 2.05) is 0 Å². The highest BCUT2D eigenvalue weighted by atomic mass is 14.3. The second-order valence-electron chi connectivity index (χ2n) is 21.5. The van der Waals surface area contributed by atoms with Crippen molar-refractivity contribution in [1.82, 2.24) is 0 Å². The van der Waals surface area contributed by atoms with Crippen LogP contribution in [-0.2, 0) is 0 Å². The van der Waals surface area contributed by atoms with E-state index >= 15 is 0 Å². The zero-order valence-corrected chi connectivity index (χ0v) is 45.5. The number of benzene rings is 12. The third-order valence-electron chi connectivity index (χ3n) is 17.5. The van der Waals surface area contributed by atoms with Gasteiger partial charge in [-0.25, -0.2) is 0 Å². The Hall–Kier alpha value is -4.94. The lowest BCUT2D eigenvalue weighted by Crippen LogP contribution is -2.56. The van der Waals surface area contributed by atoms with Gasteiger partial charge in [0.2, 0.25) is 0 Å². The van der Waals surface area contributed by atoms with E-state index in [0.29, 0.717) is 0 Å². The van der Waals surface area contributed by atoms with Crippen LogP contribution in [0.5, 0.6) is 0 Å². The molecular formula is C54B32. The molecule has 0 amide bonds. The highest BCUT2D eigenvalue weighted by molar-refractivity contribution is 6.80. The molecule has 0 N–H and O–H groups in total. The van der Waals surface area contributed by atoms with Gasteiger partial charge in [-0.1, -0.05) is 137 Å². The van der Waals surface area contributed by atoms with Crippen LogP contribution in [0.25, 0.3) is 120 Å². The molecule has 0 aliphatic carbocycles. The van der Waals surface area contributed by atoms with Crippen molar-refractivity contribution in [1.29, 1.82) is 0 Å². The van der Waals surface area contributed by atoms with E-state index in [1.165, 1.54) is 0 Å². The summed E-state index contributed by atoms with van der Waals surface area (Å²) >= 11 is 0. The number of hydrogen-bond acceptors (Lipinski definition) is 0. The quantitative estimate of drug-likeness (QED) is 0.122. The largest absolute Gasteiger partial charge is 0.115 e. The minimum absolute atomic E-state index is 0.0317. The van der Waals surface area contributed by atoms with Gasteiger partial charge in [0.05, 0.1) is 0 Å². The Labute approximate surface area is 541 Å². The maximum absolute atomic E-state index is 7.70. The van der Waals surface area contributed by atoms with E-state index in [1.54, 1.807) is 0 Å². The maximum Gasteiger partial charge on any atom is 0.115 e. The van der Waals surface area contributed by atoms with E-state index in [4.69, 9.17) is 251 Å². The lowest BCUT2D eigenvalue weighted by atomic mass is 9.54. The monoisotopic (exact) mass is 1000 g/mol. The van der Waals surface area contributed by atoms with Crippen molar-refractivity contribution < 1.29 is 0 Å². The van der Waals surface area contributed by atoms with Crippen molar-refractivity contribution in [2.45, 2.75) is 0 Å². The van der Waals surface area contributed by atoms with E-state index in [9.17, 15) is 0 Å². The summed E-state index contributed by atoms with van der Waals surface area (Å²) in [6, 6.07) is 0. The van der Waals surface area contributed by atoms with Crippen LogP contribution in [0.4, 0.5) is 0 Å². The van der Waals surface area contributed by atoms with Crippen LogP contribution in [0.15, 0.2) is 0 Å². The van der Waals surface area contributed by atoms with Crippen molar-refractivity contribution >= 4 is 501 Å². The Kier molecular flexibility index (Phi) is 14.5. The Balaban J connectivity index is 1.36. The number of fused-ring (bicyclic) bond motifs is 1. The van der Waals surface area contributed by atoms with E-state index in [0.717, 1.165) is 0 Å². The molecule has 0 heterocycles. The van der Waals surface area contributed by atoms with Crippen LogP contribution in [-0.4, -0.2) is 251 Å². The highest BCUT2D eigenvalue weighted by Crippen LogP contribution is 2.39. The van der Waals surface area contributed by atoms with E-state index in [2.05, 4.69) is 0 Å². The van der Waals surface area contributed by atoms with Crippen molar-refractivity contribution in [2.24, 2.45) is 0 Å². The molecular weight excluding hydrogens is 995 g/mol. The summed E-state index contributed by atoms with van der Waals surface area (Å²) in [6.07, 6.45) is 0. The smallest absolute Gasteiger partial charge is 0.112 e. The Morgan fingerprint density at radius 3 is 0.547 bits per heavy atom. The van der Waals surface area contributed by atoms with Crippen molar-refractivity contribution in [3.05, 3.63) is 0 Å². The standard InChI is InChI=1S/C54B32/c55-23-7(8-5-1-3-15(34(66)26(5)58)41(73)48(80)43(75)17(3)38(70)36(68)13(1)32(64)28(8)60)12-19(45(77)51(83)50(82)31(12)63)25(57)21(23)22-24(56)11(20-46(78)52(84)54(86)53(85)47(20)79)10(30(62)40(22)72)9-6-2-4-16(35(67)27(6)59)42(74)49(81)44(76)18(4)39(71)37(69)14(2)33(65)29(9)61. The maximum atomic E-state index is 7.70. The molecule has 0 nitrogen and oxygen atoms in total. The van der Waals surface area contributed by atoms with Gasteiger partial charge in [0.1, 0.15) is 251 Å². The van der Waals surface area contributed by atoms with Gasteiger partial charge in [0.15, 0.2) is 0 Å². The molecule has 0 aromatic heterocycles. The summed E-state index contributed by atoms with van der Waals surface area (Å²) in [5.74, 6) is 0. The highest BCUT2D eigenvalue weighted by Gasteiger charge is 2.33. The number of rotatable bonds is 4. The fourth-order valence-electron chi connectivity index (χ4n) is 13.2. The van der Waals surface area contributed by atoms with Gasteiger partial charge in [-0.3, -0.25) is 0 Å². The van der Waals surface area contributed by atoms with Crippen LogP contribution in [0, 0.1) is 0 Å². The average Bonchev–Trinajstić information content (AvgIpc) is 0.697. The molecule has 0 fully saturated rings. The summed E-state index contributed by atoms with van der Waals surface area (Å²) in [5, 5.41) is 1.73. The van der Waals surface area contributed by atoms with Gasteiger partial charge >= 0.3 is 0 Å². The first-order valence-corrected chi connectivity index (χ1v) is 25.5. The van der Waals surface area contributed by atoms with Gasteiger partial charge in [0.25, 0.3) is 0 Å². The minimum atomic E-state index is -0.369. The summed E-state index contributed by atoms with van der Waals surface area (Å²) in [7, 11) is 223. The lowest BCUT2D eigenvalue weighted by Gasteiger charge is -2.35. The van der Waals surface area contributed by atoms with E-state index < -0.39 is 0 Å². The molecule has 0 bridgehead atoms. The van der Waals surface area contributed by atoms with Gasteiger partial charge < -0.3 is 0 Å². The fraction of sp³-hybridized carbons (Fsp3) is 0. The van der Waals surface area contributed by atoms with Crippen LogP contribution < -0.4 is 175 Å². The second-order valence-corrected chi connectivity index (χ2v) is 21.5. The normalized spacial score (nSPS) is 12.0. The second kappa shape index (κ2) is 20.3. The van der Waals surface area contributed by atoms with Gasteiger partial charge in [-0.15, -0.1) is 38.2 Å². The van der Waals surface area contributed by atoms with Crippen LogP contribution in [0.3, 0.4) is 0 Å². The van der Waals surface area contributed by atoms with Crippen LogP contribution >= 0.6 is 0 Å². The summed E-state index contributed by atoms with van der Waals surface area (Å²) < 4.78 is 0.